The summed E-state index contributed by atoms with van der Waals surface area (Å²) in [5.41, 5.74) is 7.71. The van der Waals surface area contributed by atoms with E-state index >= 15 is 0 Å². The number of anilines is 1. The van der Waals surface area contributed by atoms with Crippen LogP contribution in [0.4, 0.5) is 5.69 Å². The second-order valence-electron chi connectivity index (χ2n) is 4.47. The summed E-state index contributed by atoms with van der Waals surface area (Å²) in [5, 5.41) is 2.10. The van der Waals surface area contributed by atoms with Gasteiger partial charge in [-0.25, -0.2) is 0 Å². The molecule has 0 spiro atoms. The van der Waals surface area contributed by atoms with Crippen molar-refractivity contribution in [3.63, 3.8) is 0 Å². The minimum atomic E-state index is 0.767. The van der Waals surface area contributed by atoms with E-state index in [-0.39, 0.29) is 0 Å². The highest BCUT2D eigenvalue weighted by Crippen LogP contribution is 2.24. The number of hydrogen-bond acceptors (Lipinski definition) is 4. The molecule has 0 radical (unpaired) electrons. The second kappa shape index (κ2) is 6.41. The van der Waals surface area contributed by atoms with Crippen LogP contribution >= 0.6 is 27.3 Å². The van der Waals surface area contributed by atoms with Crippen LogP contribution in [0.2, 0.25) is 0 Å². The predicted molar refractivity (Wildman–Crippen MR) is 84.6 cm³/mol. The molecule has 19 heavy (non-hydrogen) atoms. The van der Waals surface area contributed by atoms with Gasteiger partial charge in [0.25, 0.3) is 0 Å². The van der Waals surface area contributed by atoms with Crippen molar-refractivity contribution in [1.29, 1.82) is 0 Å². The maximum absolute atomic E-state index is 5.84. The molecule has 0 atom stereocenters. The summed E-state index contributed by atoms with van der Waals surface area (Å²) in [6, 6.07) is 7.90. The Hall–Kier alpha value is -1.04. The molecule has 2 N–H and O–H groups in total. The Morgan fingerprint density at radius 1 is 1.32 bits per heavy atom. The van der Waals surface area contributed by atoms with Crippen molar-refractivity contribution in [3.8, 4) is 5.75 Å². The number of halogens is 1. The van der Waals surface area contributed by atoms with Crippen LogP contribution < -0.4 is 10.5 Å². The van der Waals surface area contributed by atoms with E-state index in [1.54, 1.807) is 18.4 Å². The lowest BCUT2D eigenvalue weighted by atomic mass is 10.1. The third-order valence-corrected chi connectivity index (χ3v) is 4.47. The molecule has 0 aliphatic heterocycles. The number of hydrogen-bond donors (Lipinski definition) is 1. The smallest absolute Gasteiger partial charge is 0.123 e. The molecule has 2 rings (SSSR count). The molecule has 0 unspecified atom stereocenters. The van der Waals surface area contributed by atoms with Crippen molar-refractivity contribution in [2.24, 2.45) is 0 Å². The molecule has 1 heterocycles. The fourth-order valence-electron chi connectivity index (χ4n) is 1.97. The first-order valence-corrected chi connectivity index (χ1v) is 7.59. The summed E-state index contributed by atoms with van der Waals surface area (Å²) in [6.45, 7) is 1.72. The Kier molecular flexibility index (Phi) is 4.85. The molecule has 1 aromatic heterocycles. The number of thiophene rings is 1. The molecule has 0 amide bonds. The van der Waals surface area contributed by atoms with Gasteiger partial charge in [-0.2, -0.15) is 0 Å². The lowest BCUT2D eigenvalue weighted by molar-refractivity contribution is 0.312. The molecule has 0 saturated heterocycles. The quantitative estimate of drug-likeness (QED) is 0.842. The molecule has 0 saturated carbocycles. The SMILES string of the molecule is COc1ccc(N)cc1CN(C)Cc1cc(Br)cs1. The van der Waals surface area contributed by atoms with E-state index in [1.165, 1.54) is 4.88 Å². The number of nitrogen functional groups attached to an aromatic ring is 1. The van der Waals surface area contributed by atoms with Gasteiger partial charge in [0, 0.05) is 39.1 Å². The Balaban J connectivity index is 2.05. The van der Waals surface area contributed by atoms with Crippen LogP contribution in [-0.4, -0.2) is 19.1 Å². The molecule has 0 aliphatic rings. The summed E-state index contributed by atoms with van der Waals surface area (Å²) in [7, 11) is 3.78. The van der Waals surface area contributed by atoms with Gasteiger partial charge in [-0.15, -0.1) is 11.3 Å². The highest BCUT2D eigenvalue weighted by atomic mass is 79.9. The third kappa shape index (κ3) is 3.96. The first kappa shape index (κ1) is 14.4. The zero-order valence-electron chi connectivity index (χ0n) is 11.0. The van der Waals surface area contributed by atoms with E-state index in [0.29, 0.717) is 0 Å². The van der Waals surface area contributed by atoms with Crippen molar-refractivity contribution >= 4 is 33.0 Å². The lowest BCUT2D eigenvalue weighted by Gasteiger charge is -2.18. The van der Waals surface area contributed by atoms with Gasteiger partial charge in [-0.3, -0.25) is 4.90 Å². The average molecular weight is 341 g/mol. The maximum atomic E-state index is 5.84. The van der Waals surface area contributed by atoms with Crippen LogP contribution in [0.5, 0.6) is 5.75 Å². The average Bonchev–Trinajstić information content (AvgIpc) is 2.75. The van der Waals surface area contributed by atoms with Gasteiger partial charge < -0.3 is 10.5 Å². The molecule has 5 heteroatoms. The number of rotatable bonds is 5. The van der Waals surface area contributed by atoms with Crippen LogP contribution in [0.3, 0.4) is 0 Å². The Morgan fingerprint density at radius 3 is 2.74 bits per heavy atom. The first-order chi connectivity index (χ1) is 9.08. The number of ether oxygens (including phenoxy) is 1. The van der Waals surface area contributed by atoms with E-state index in [1.807, 2.05) is 18.2 Å². The molecule has 1 aromatic carbocycles. The number of methoxy groups -OCH3 is 1. The molecular weight excluding hydrogens is 324 g/mol. The summed E-state index contributed by atoms with van der Waals surface area (Å²) >= 11 is 5.23. The van der Waals surface area contributed by atoms with Crippen LogP contribution in [0, 0.1) is 0 Å². The van der Waals surface area contributed by atoms with E-state index in [4.69, 9.17) is 10.5 Å². The minimum Gasteiger partial charge on any atom is -0.496 e. The molecule has 0 aliphatic carbocycles. The predicted octanol–water partition coefficient (Wildman–Crippen LogP) is 3.73. The van der Waals surface area contributed by atoms with Crippen molar-refractivity contribution in [1.82, 2.24) is 4.90 Å². The molecule has 2 aromatic rings. The highest BCUT2D eigenvalue weighted by Gasteiger charge is 2.08. The molecule has 3 nitrogen and oxygen atoms in total. The van der Waals surface area contributed by atoms with Gasteiger partial charge in [-0.05, 0) is 47.2 Å². The van der Waals surface area contributed by atoms with Gasteiger partial charge in [0.1, 0.15) is 5.75 Å². The fraction of sp³-hybridized carbons (Fsp3) is 0.286. The van der Waals surface area contributed by atoms with Gasteiger partial charge in [-0.1, -0.05) is 0 Å². The standard InChI is InChI=1S/C14H17BrN2OS/c1-17(8-13-6-11(15)9-19-13)7-10-5-12(16)3-4-14(10)18-2/h3-6,9H,7-8,16H2,1-2H3. The lowest BCUT2D eigenvalue weighted by Crippen LogP contribution is -2.17. The summed E-state index contributed by atoms with van der Waals surface area (Å²) < 4.78 is 6.51. The fourth-order valence-corrected chi connectivity index (χ4v) is 3.50. The van der Waals surface area contributed by atoms with E-state index in [2.05, 4.69) is 39.3 Å². The third-order valence-electron chi connectivity index (χ3n) is 2.79. The van der Waals surface area contributed by atoms with Crippen LogP contribution in [0.1, 0.15) is 10.4 Å². The minimum absolute atomic E-state index is 0.767. The Labute approximate surface area is 126 Å². The zero-order valence-corrected chi connectivity index (χ0v) is 13.4. The maximum Gasteiger partial charge on any atom is 0.123 e. The Bertz CT molecular complexity index is 556. The van der Waals surface area contributed by atoms with Gasteiger partial charge in [0.15, 0.2) is 0 Å². The van der Waals surface area contributed by atoms with Crippen molar-refractivity contribution < 1.29 is 4.74 Å². The van der Waals surface area contributed by atoms with E-state index in [0.717, 1.165) is 34.6 Å². The zero-order chi connectivity index (χ0) is 13.8. The summed E-state index contributed by atoms with van der Waals surface area (Å²) in [5.74, 6) is 0.883. The van der Waals surface area contributed by atoms with Crippen LogP contribution in [0.25, 0.3) is 0 Å². The molecule has 0 fully saturated rings. The topological polar surface area (TPSA) is 38.5 Å². The van der Waals surface area contributed by atoms with Gasteiger partial charge in [0.05, 0.1) is 7.11 Å². The normalized spacial score (nSPS) is 10.9. The van der Waals surface area contributed by atoms with E-state index < -0.39 is 0 Å². The Morgan fingerprint density at radius 2 is 2.11 bits per heavy atom. The van der Waals surface area contributed by atoms with Crippen LogP contribution in [-0.2, 0) is 13.1 Å². The number of nitrogens with two attached hydrogens (primary N) is 1. The molecule has 102 valence electrons. The summed E-state index contributed by atoms with van der Waals surface area (Å²) in [4.78, 5) is 3.58. The van der Waals surface area contributed by atoms with Crippen molar-refractivity contribution in [2.75, 3.05) is 19.9 Å². The van der Waals surface area contributed by atoms with Crippen molar-refractivity contribution in [3.05, 3.63) is 44.6 Å². The second-order valence-corrected chi connectivity index (χ2v) is 6.39. The highest BCUT2D eigenvalue weighted by molar-refractivity contribution is 9.10. The number of nitrogens with zero attached hydrogens (tertiary/aromatic N) is 1. The summed E-state index contributed by atoms with van der Waals surface area (Å²) in [6.07, 6.45) is 0. The molecular formula is C14H17BrN2OS. The van der Waals surface area contributed by atoms with E-state index in [9.17, 15) is 0 Å². The van der Waals surface area contributed by atoms with Gasteiger partial charge in [0.2, 0.25) is 0 Å². The number of benzene rings is 1. The van der Waals surface area contributed by atoms with Crippen LogP contribution in [0.15, 0.2) is 34.1 Å². The molecule has 0 bridgehead atoms. The van der Waals surface area contributed by atoms with Crippen molar-refractivity contribution in [2.45, 2.75) is 13.1 Å². The van der Waals surface area contributed by atoms with Gasteiger partial charge >= 0.3 is 0 Å². The largest absolute Gasteiger partial charge is 0.496 e. The monoisotopic (exact) mass is 340 g/mol. The first-order valence-electron chi connectivity index (χ1n) is 5.92.